The van der Waals surface area contributed by atoms with E-state index in [2.05, 4.69) is 16.9 Å². The molecule has 0 bridgehead atoms. The summed E-state index contributed by atoms with van der Waals surface area (Å²) in [6.07, 6.45) is -1.14. The van der Waals surface area contributed by atoms with Crippen LogP contribution in [0.2, 0.25) is 0 Å². The molecular formula is C2H4N3O. The smallest absolute Gasteiger partial charge is 0.133 e. The molecule has 1 unspecified atom stereocenters. The highest BCUT2D eigenvalue weighted by atomic mass is 16.3. The lowest BCUT2D eigenvalue weighted by atomic mass is 10.7. The van der Waals surface area contributed by atoms with Crippen molar-refractivity contribution in [3.05, 3.63) is 17.4 Å². The Morgan fingerprint density at radius 3 is 2.50 bits per heavy atom. The maximum atomic E-state index is 8.02. The molecule has 0 saturated carbocycles. The topological polar surface area (TPSA) is 69.0 Å². The molecule has 0 aromatic rings. The van der Waals surface area contributed by atoms with Crippen molar-refractivity contribution in [2.24, 2.45) is 5.11 Å². The van der Waals surface area contributed by atoms with Gasteiger partial charge in [-0.05, 0) is 12.5 Å². The minimum Gasteiger partial charge on any atom is -0.387 e. The van der Waals surface area contributed by atoms with Crippen molar-refractivity contribution >= 4 is 0 Å². The summed E-state index contributed by atoms with van der Waals surface area (Å²) in [5.74, 6) is 0. The van der Waals surface area contributed by atoms with Crippen LogP contribution in [0.5, 0.6) is 0 Å². The second kappa shape index (κ2) is 2.50. The molecule has 0 rings (SSSR count). The molecule has 1 radical (unpaired) electrons. The molecule has 6 heavy (non-hydrogen) atoms. The molecule has 0 aliphatic carbocycles. The van der Waals surface area contributed by atoms with E-state index in [0.29, 0.717) is 0 Å². The van der Waals surface area contributed by atoms with Crippen LogP contribution in [0.25, 0.3) is 10.4 Å². The van der Waals surface area contributed by atoms with E-state index in [4.69, 9.17) is 10.6 Å². The molecule has 0 aliphatic rings. The van der Waals surface area contributed by atoms with Gasteiger partial charge >= 0.3 is 0 Å². The van der Waals surface area contributed by atoms with Crippen molar-refractivity contribution in [2.45, 2.75) is 6.23 Å². The van der Waals surface area contributed by atoms with Crippen LogP contribution in [0.1, 0.15) is 0 Å². The maximum Gasteiger partial charge on any atom is 0.133 e. The Bertz CT molecular complexity index is 72.9. The minimum absolute atomic E-state index is 1.14. The second-order valence-electron chi connectivity index (χ2n) is 0.686. The van der Waals surface area contributed by atoms with Crippen LogP contribution in [-0.2, 0) is 0 Å². The predicted octanol–water partition coefficient (Wildman–Crippen LogP) is 0.449. The van der Waals surface area contributed by atoms with Crippen LogP contribution in [-0.4, -0.2) is 11.3 Å². The van der Waals surface area contributed by atoms with Crippen molar-refractivity contribution in [2.75, 3.05) is 0 Å². The zero-order valence-electron chi connectivity index (χ0n) is 3.07. The van der Waals surface area contributed by atoms with E-state index in [9.17, 15) is 0 Å². The minimum atomic E-state index is -1.14. The van der Waals surface area contributed by atoms with Gasteiger partial charge in [-0.1, -0.05) is 5.11 Å². The highest BCUT2D eigenvalue weighted by Crippen LogP contribution is 1.76. The molecule has 0 amide bonds. The zero-order chi connectivity index (χ0) is 4.99. The van der Waals surface area contributed by atoms with Gasteiger partial charge in [-0.3, -0.25) is 0 Å². The first-order valence-electron chi connectivity index (χ1n) is 1.32. The first-order chi connectivity index (χ1) is 2.77. The Labute approximate surface area is 35.0 Å². The van der Waals surface area contributed by atoms with Crippen molar-refractivity contribution in [1.29, 1.82) is 0 Å². The molecule has 4 nitrogen and oxygen atoms in total. The molecule has 0 fully saturated rings. The number of aliphatic hydroxyl groups excluding tert-OH is 1. The summed E-state index contributed by atoms with van der Waals surface area (Å²) in [6.45, 7) is 2.96. The SMILES string of the molecule is [CH2]C(O)N=[N+]=[N-]. The maximum absolute atomic E-state index is 8.02. The van der Waals surface area contributed by atoms with E-state index < -0.39 is 6.23 Å². The number of hydrogen-bond acceptors (Lipinski definition) is 2. The summed E-state index contributed by atoms with van der Waals surface area (Å²) >= 11 is 0. The first-order valence-corrected chi connectivity index (χ1v) is 1.32. The van der Waals surface area contributed by atoms with Crippen molar-refractivity contribution < 1.29 is 5.11 Å². The fourth-order valence-electron chi connectivity index (χ4n) is 0.0596. The van der Waals surface area contributed by atoms with Crippen LogP contribution in [0, 0.1) is 6.92 Å². The Morgan fingerprint density at radius 1 is 2.00 bits per heavy atom. The summed E-state index contributed by atoms with van der Waals surface area (Å²) in [7, 11) is 0. The number of rotatable bonds is 1. The van der Waals surface area contributed by atoms with Gasteiger partial charge in [-0.25, -0.2) is 0 Å². The third-order valence-electron chi connectivity index (χ3n) is 0.185. The van der Waals surface area contributed by atoms with E-state index in [1.54, 1.807) is 0 Å². The average Bonchev–Trinajstić information content (AvgIpc) is 1.35. The van der Waals surface area contributed by atoms with Gasteiger partial charge in [-0.15, -0.1) is 0 Å². The summed E-state index contributed by atoms with van der Waals surface area (Å²) < 4.78 is 0. The first kappa shape index (κ1) is 5.27. The lowest BCUT2D eigenvalue weighted by molar-refractivity contribution is 0.229. The number of aliphatic hydroxyl groups is 1. The fraction of sp³-hybridized carbons (Fsp3) is 0.500. The third kappa shape index (κ3) is 3.27. The highest BCUT2D eigenvalue weighted by molar-refractivity contribution is 4.51. The quantitative estimate of drug-likeness (QED) is 0.281. The molecule has 0 aliphatic heterocycles. The normalized spacial score (nSPS) is 12.3. The van der Waals surface area contributed by atoms with Gasteiger partial charge in [-0.2, -0.15) is 0 Å². The van der Waals surface area contributed by atoms with Crippen molar-refractivity contribution in [3.63, 3.8) is 0 Å². The van der Waals surface area contributed by atoms with Gasteiger partial charge in [0, 0.05) is 4.91 Å². The molecule has 0 spiro atoms. The van der Waals surface area contributed by atoms with Crippen LogP contribution >= 0.6 is 0 Å². The van der Waals surface area contributed by atoms with Gasteiger partial charge in [0.2, 0.25) is 0 Å². The third-order valence-corrected chi connectivity index (χ3v) is 0.185. The van der Waals surface area contributed by atoms with Crippen LogP contribution in [0.4, 0.5) is 0 Å². The largest absolute Gasteiger partial charge is 0.387 e. The van der Waals surface area contributed by atoms with Crippen LogP contribution < -0.4 is 0 Å². The molecule has 0 saturated heterocycles. The van der Waals surface area contributed by atoms with E-state index in [-0.39, 0.29) is 0 Å². The van der Waals surface area contributed by atoms with Gasteiger partial charge in [0.25, 0.3) is 0 Å². The molecule has 1 N–H and O–H groups in total. The lowest BCUT2D eigenvalue weighted by Gasteiger charge is -1.82. The van der Waals surface area contributed by atoms with Gasteiger partial charge < -0.3 is 5.11 Å². The molecule has 0 aromatic carbocycles. The van der Waals surface area contributed by atoms with E-state index in [0.717, 1.165) is 0 Å². The van der Waals surface area contributed by atoms with E-state index in [1.165, 1.54) is 0 Å². The standard InChI is InChI=1S/C2H4N3O/c1-2(6)4-5-3/h2,6H,1H2. The lowest BCUT2D eigenvalue weighted by Crippen LogP contribution is -1.89. The van der Waals surface area contributed by atoms with E-state index >= 15 is 0 Å². The molecule has 4 heteroatoms. The molecule has 1 atom stereocenters. The molecular weight excluding hydrogens is 82.0 g/mol. The zero-order valence-corrected chi connectivity index (χ0v) is 3.07. The Kier molecular flexibility index (Phi) is 2.20. The highest BCUT2D eigenvalue weighted by Gasteiger charge is 1.80. The number of azide groups is 1. The van der Waals surface area contributed by atoms with E-state index in [1.807, 2.05) is 0 Å². The van der Waals surface area contributed by atoms with Gasteiger partial charge in [0.05, 0.1) is 0 Å². The number of nitrogens with zero attached hydrogens (tertiary/aromatic N) is 3. The van der Waals surface area contributed by atoms with Gasteiger partial charge in [0.15, 0.2) is 0 Å². The summed E-state index contributed by atoms with van der Waals surface area (Å²) in [6, 6.07) is 0. The monoisotopic (exact) mass is 86.0 g/mol. The van der Waals surface area contributed by atoms with Crippen LogP contribution in [0.3, 0.4) is 0 Å². The Morgan fingerprint density at radius 2 is 2.50 bits per heavy atom. The average molecular weight is 86.1 g/mol. The van der Waals surface area contributed by atoms with Gasteiger partial charge in [0.1, 0.15) is 6.23 Å². The second-order valence-corrected chi connectivity index (χ2v) is 0.686. The predicted molar refractivity (Wildman–Crippen MR) is 20.5 cm³/mol. The number of hydrogen-bond donors (Lipinski definition) is 1. The Balaban J connectivity index is 3.29. The van der Waals surface area contributed by atoms with Crippen molar-refractivity contribution in [1.82, 2.24) is 0 Å². The van der Waals surface area contributed by atoms with Crippen LogP contribution in [0.15, 0.2) is 5.11 Å². The molecule has 33 valence electrons. The summed E-state index contributed by atoms with van der Waals surface area (Å²) in [4.78, 5) is 2.25. The Hall–Kier alpha value is -0.730. The molecule has 0 aromatic heterocycles. The summed E-state index contributed by atoms with van der Waals surface area (Å²) in [5, 5.41) is 10.8. The molecule has 0 heterocycles. The fourth-order valence-corrected chi connectivity index (χ4v) is 0.0596. The van der Waals surface area contributed by atoms with Crippen molar-refractivity contribution in [3.8, 4) is 0 Å². The summed E-state index contributed by atoms with van der Waals surface area (Å²) in [5.41, 5.74) is 7.50.